The van der Waals surface area contributed by atoms with Crippen LogP contribution in [0.5, 0.6) is 0 Å². The second-order valence-corrected chi connectivity index (χ2v) is 8.42. The molecule has 0 aromatic heterocycles. The number of carbonyl (C=O) groups excluding carboxylic acids is 3. The van der Waals surface area contributed by atoms with E-state index in [2.05, 4.69) is 10.6 Å². The molecular formula is C15H16I3N3O6. The number of hydrogen-bond acceptors (Lipinski definition) is 5. The van der Waals surface area contributed by atoms with Gasteiger partial charge in [-0.15, -0.1) is 0 Å². The normalized spacial score (nSPS) is 10.3. The van der Waals surface area contributed by atoms with Crippen LogP contribution >= 0.6 is 67.8 Å². The van der Waals surface area contributed by atoms with Gasteiger partial charge in [-0.05, 0) is 67.8 Å². The highest BCUT2D eigenvalue weighted by Crippen LogP contribution is 2.36. The van der Waals surface area contributed by atoms with Crippen LogP contribution in [0.25, 0.3) is 0 Å². The van der Waals surface area contributed by atoms with Crippen LogP contribution in [0.3, 0.4) is 0 Å². The predicted molar refractivity (Wildman–Crippen MR) is 123 cm³/mol. The molecule has 0 radical (unpaired) electrons. The van der Waals surface area contributed by atoms with Gasteiger partial charge in [0.25, 0.3) is 5.91 Å². The summed E-state index contributed by atoms with van der Waals surface area (Å²) in [7, 11) is 4.24. The zero-order valence-electron chi connectivity index (χ0n) is 14.5. The number of methoxy groups -OCH3 is 1. The lowest BCUT2D eigenvalue weighted by Crippen LogP contribution is -2.38. The Morgan fingerprint density at radius 3 is 2.07 bits per heavy atom. The smallest absolute Gasteiger partial charge is 0.337 e. The minimum Gasteiger partial charge on any atom is -0.478 e. The summed E-state index contributed by atoms with van der Waals surface area (Å²) in [6.07, 6.45) is 0. The van der Waals surface area contributed by atoms with Crippen molar-refractivity contribution >= 4 is 97.2 Å². The zero-order chi connectivity index (χ0) is 20.9. The van der Waals surface area contributed by atoms with E-state index in [-0.39, 0.29) is 39.4 Å². The summed E-state index contributed by atoms with van der Waals surface area (Å²) < 4.78 is 5.68. The van der Waals surface area contributed by atoms with Crippen molar-refractivity contribution in [2.75, 3.05) is 39.7 Å². The molecule has 3 N–H and O–H groups in total. The van der Waals surface area contributed by atoms with Crippen LogP contribution in [0.1, 0.15) is 20.7 Å². The zero-order valence-corrected chi connectivity index (χ0v) is 21.0. The van der Waals surface area contributed by atoms with Crippen molar-refractivity contribution in [3.05, 3.63) is 21.8 Å². The van der Waals surface area contributed by atoms with Gasteiger partial charge in [0.1, 0.15) is 6.61 Å². The van der Waals surface area contributed by atoms with E-state index in [1.807, 2.05) is 45.2 Å². The first-order valence-electron chi connectivity index (χ1n) is 7.25. The highest BCUT2D eigenvalue weighted by Gasteiger charge is 2.30. The van der Waals surface area contributed by atoms with Gasteiger partial charge in [-0.2, -0.15) is 0 Å². The monoisotopic (exact) mass is 715 g/mol. The number of benzene rings is 1. The van der Waals surface area contributed by atoms with Crippen LogP contribution in [0, 0.1) is 10.7 Å². The Labute approximate surface area is 196 Å². The number of hydrogen-bond donors (Lipinski definition) is 3. The summed E-state index contributed by atoms with van der Waals surface area (Å²) >= 11 is 5.49. The first-order valence-corrected chi connectivity index (χ1v) is 10.5. The first kappa shape index (κ1) is 24.3. The molecule has 1 aromatic carbocycles. The molecule has 0 fully saturated rings. The minimum absolute atomic E-state index is 0.0963. The van der Waals surface area contributed by atoms with Crippen molar-refractivity contribution in [3.63, 3.8) is 0 Å². The highest BCUT2D eigenvalue weighted by molar-refractivity contribution is 14.1. The number of carbonyl (C=O) groups is 4. The number of likely N-dealkylation sites (N-methyl/N-ethyl adjacent to an activating group) is 2. The summed E-state index contributed by atoms with van der Waals surface area (Å²) in [6, 6.07) is 0. The third kappa shape index (κ3) is 5.86. The number of halogens is 3. The summed E-state index contributed by atoms with van der Waals surface area (Å²) in [5.41, 5.74) is 0.224. The molecule has 9 nitrogen and oxygen atoms in total. The van der Waals surface area contributed by atoms with E-state index in [4.69, 9.17) is 4.74 Å². The molecule has 0 saturated heterocycles. The van der Waals surface area contributed by atoms with Gasteiger partial charge in [0.15, 0.2) is 0 Å². The molecule has 0 spiro atoms. The van der Waals surface area contributed by atoms with Crippen LogP contribution in [0.4, 0.5) is 5.69 Å². The van der Waals surface area contributed by atoms with Gasteiger partial charge in [0.05, 0.1) is 30.5 Å². The number of ether oxygens (including phenoxy) is 1. The van der Waals surface area contributed by atoms with E-state index in [1.165, 1.54) is 26.1 Å². The highest BCUT2D eigenvalue weighted by atomic mass is 127. The molecule has 148 valence electrons. The molecule has 3 amide bonds. The summed E-state index contributed by atoms with van der Waals surface area (Å²) in [4.78, 5) is 49.3. The van der Waals surface area contributed by atoms with E-state index in [0.29, 0.717) is 7.14 Å². The van der Waals surface area contributed by atoms with Gasteiger partial charge < -0.3 is 25.4 Å². The fraction of sp³-hybridized carbons (Fsp3) is 0.333. The molecular weight excluding hydrogens is 699 g/mol. The third-order valence-electron chi connectivity index (χ3n) is 3.29. The van der Waals surface area contributed by atoms with Crippen molar-refractivity contribution in [1.29, 1.82) is 0 Å². The second kappa shape index (κ2) is 10.7. The van der Waals surface area contributed by atoms with Crippen molar-refractivity contribution in [2.24, 2.45) is 0 Å². The van der Waals surface area contributed by atoms with Crippen molar-refractivity contribution < 1.29 is 29.0 Å². The molecule has 0 aliphatic rings. The maximum atomic E-state index is 12.9. The molecule has 12 heteroatoms. The Morgan fingerprint density at radius 2 is 1.59 bits per heavy atom. The first-order chi connectivity index (χ1) is 12.6. The number of aromatic carboxylic acids is 1. The fourth-order valence-corrected chi connectivity index (χ4v) is 6.37. The van der Waals surface area contributed by atoms with Crippen LogP contribution in [0.2, 0.25) is 0 Å². The summed E-state index contributed by atoms with van der Waals surface area (Å²) in [5, 5.41) is 14.6. The molecule has 1 aromatic rings. The SMILES string of the molecule is CNC(=O)CN(C)C(=O)c1c(I)c(NC(=O)COC)c(I)c(C(=O)O)c1I. The van der Waals surface area contributed by atoms with Crippen LogP contribution in [-0.2, 0) is 14.3 Å². The Bertz CT molecular complexity index is 800. The van der Waals surface area contributed by atoms with Crippen molar-refractivity contribution in [2.45, 2.75) is 0 Å². The Morgan fingerprint density at radius 1 is 1.04 bits per heavy atom. The van der Waals surface area contributed by atoms with Crippen LogP contribution < -0.4 is 10.6 Å². The van der Waals surface area contributed by atoms with Gasteiger partial charge in [-0.3, -0.25) is 14.4 Å². The molecule has 0 aliphatic heterocycles. The average Bonchev–Trinajstić information content (AvgIpc) is 2.58. The van der Waals surface area contributed by atoms with E-state index in [9.17, 15) is 24.3 Å². The number of nitrogens with one attached hydrogen (secondary N) is 2. The Hall–Kier alpha value is -0.750. The standard InChI is InChI=1S/C15H16I3N3O6/c1-19-6(22)4-21(2)14(24)8-10(16)9(15(25)26)12(18)13(11(8)17)20-7(23)5-27-3/h4-5H2,1-3H3,(H,19,22)(H,20,23)(H,25,26). The maximum absolute atomic E-state index is 12.9. The van der Waals surface area contributed by atoms with Gasteiger partial charge in [0, 0.05) is 24.8 Å². The van der Waals surface area contributed by atoms with Crippen LogP contribution in [-0.4, -0.2) is 68.1 Å². The lowest BCUT2D eigenvalue weighted by atomic mass is 10.1. The van der Waals surface area contributed by atoms with Crippen molar-refractivity contribution in [3.8, 4) is 0 Å². The lowest BCUT2D eigenvalue weighted by molar-refractivity contribution is -0.121. The number of rotatable bonds is 7. The quantitative estimate of drug-likeness (QED) is 0.369. The second-order valence-electron chi connectivity index (χ2n) is 5.19. The number of anilines is 1. The number of carboxylic acids is 1. The minimum atomic E-state index is -1.23. The molecule has 0 heterocycles. The van der Waals surface area contributed by atoms with Crippen LogP contribution in [0.15, 0.2) is 0 Å². The molecule has 27 heavy (non-hydrogen) atoms. The van der Waals surface area contributed by atoms with Gasteiger partial charge >= 0.3 is 5.97 Å². The van der Waals surface area contributed by atoms with E-state index in [0.717, 1.165) is 0 Å². The summed E-state index contributed by atoms with van der Waals surface area (Å²) in [5.74, 6) is -2.62. The van der Waals surface area contributed by atoms with Gasteiger partial charge in [-0.1, -0.05) is 0 Å². The largest absolute Gasteiger partial charge is 0.478 e. The molecule has 0 unspecified atom stereocenters. The molecule has 0 atom stereocenters. The third-order valence-corrected chi connectivity index (χ3v) is 6.53. The average molecular weight is 715 g/mol. The van der Waals surface area contributed by atoms with E-state index in [1.54, 1.807) is 22.6 Å². The predicted octanol–water partition coefficient (Wildman–Crippen LogP) is 1.60. The van der Waals surface area contributed by atoms with Gasteiger partial charge in [0.2, 0.25) is 11.8 Å². The van der Waals surface area contributed by atoms with Crippen molar-refractivity contribution in [1.82, 2.24) is 10.2 Å². The number of nitrogens with zero attached hydrogens (tertiary/aromatic N) is 1. The van der Waals surface area contributed by atoms with E-state index < -0.39 is 17.8 Å². The fourth-order valence-electron chi connectivity index (χ4n) is 2.01. The lowest BCUT2D eigenvalue weighted by Gasteiger charge is -2.22. The molecule has 0 saturated carbocycles. The Balaban J connectivity index is 3.57. The number of amides is 3. The Kier molecular flexibility index (Phi) is 9.63. The number of carboxylic acid groups (broad SMARTS) is 1. The molecule has 0 aliphatic carbocycles. The van der Waals surface area contributed by atoms with E-state index >= 15 is 0 Å². The molecule has 0 bridgehead atoms. The topological polar surface area (TPSA) is 125 Å². The van der Waals surface area contributed by atoms with Gasteiger partial charge in [-0.25, -0.2) is 4.79 Å². The summed E-state index contributed by atoms with van der Waals surface area (Å²) in [6.45, 7) is -0.415. The maximum Gasteiger partial charge on any atom is 0.337 e. The molecule has 1 rings (SSSR count).